The lowest BCUT2D eigenvalue weighted by Gasteiger charge is -2.09. The molecular weight excluding hydrogens is 354 g/mol. The molecule has 8 heteroatoms. The van der Waals surface area contributed by atoms with Gasteiger partial charge in [0.25, 0.3) is 0 Å². The summed E-state index contributed by atoms with van der Waals surface area (Å²) in [5.74, 6) is -0.915. The minimum atomic E-state index is -1.15. The fraction of sp³-hybridized carbons (Fsp3) is 0.250. The maximum Gasteiger partial charge on any atom is 0.340 e. The molecule has 0 radical (unpaired) electrons. The molecule has 0 amide bonds. The zero-order chi connectivity index (χ0) is 17.4. The van der Waals surface area contributed by atoms with E-state index in [2.05, 4.69) is 0 Å². The number of fused-ring (bicyclic) bond motifs is 1. The number of hydrogen-bond donors (Lipinski definition) is 0. The molecule has 2 aromatic rings. The van der Waals surface area contributed by atoms with Crippen molar-refractivity contribution in [3.05, 3.63) is 46.1 Å². The van der Waals surface area contributed by atoms with E-state index in [0.29, 0.717) is 22.0 Å². The second kappa shape index (κ2) is 6.41. The standard InChI is InChI=1S/C16H14ClNO5S/c1-22-15(19)12-11-7-24(21)8-18(11)14(13(12)16(20)23-2)9-3-5-10(17)6-4-9/h3-6H,7-8H2,1-2H3/t24-/m1/s1. The van der Waals surface area contributed by atoms with E-state index < -0.39 is 22.7 Å². The quantitative estimate of drug-likeness (QED) is 0.779. The van der Waals surface area contributed by atoms with E-state index in [1.807, 2.05) is 0 Å². The number of nitrogens with zero attached hydrogens (tertiary/aromatic N) is 1. The van der Waals surface area contributed by atoms with Crippen molar-refractivity contribution in [1.29, 1.82) is 0 Å². The Morgan fingerprint density at radius 1 is 1.08 bits per heavy atom. The zero-order valence-corrected chi connectivity index (χ0v) is 14.6. The highest BCUT2D eigenvalue weighted by atomic mass is 35.5. The third-order valence-electron chi connectivity index (χ3n) is 3.84. The Labute approximate surface area is 145 Å². The molecule has 0 bridgehead atoms. The Hall–Kier alpha value is -2.12. The lowest BCUT2D eigenvalue weighted by molar-refractivity contribution is 0.0556. The van der Waals surface area contributed by atoms with Crippen LogP contribution in [-0.4, -0.2) is 34.9 Å². The lowest BCUT2D eigenvalue weighted by Crippen LogP contribution is -2.12. The van der Waals surface area contributed by atoms with Gasteiger partial charge in [0.05, 0.1) is 37.1 Å². The molecule has 1 aliphatic heterocycles. The van der Waals surface area contributed by atoms with Gasteiger partial charge in [-0.1, -0.05) is 23.7 Å². The van der Waals surface area contributed by atoms with E-state index in [0.717, 1.165) is 0 Å². The van der Waals surface area contributed by atoms with E-state index in [4.69, 9.17) is 21.1 Å². The van der Waals surface area contributed by atoms with Gasteiger partial charge in [-0.2, -0.15) is 0 Å². The summed E-state index contributed by atoms with van der Waals surface area (Å²) < 4.78 is 23.4. The number of ether oxygens (including phenoxy) is 2. The first-order valence-corrected chi connectivity index (χ1v) is 8.87. The van der Waals surface area contributed by atoms with Crippen LogP contribution in [0.25, 0.3) is 11.3 Å². The Kier molecular flexibility index (Phi) is 4.47. The van der Waals surface area contributed by atoms with Crippen molar-refractivity contribution in [3.8, 4) is 11.3 Å². The third-order valence-corrected chi connectivity index (χ3v) is 5.23. The van der Waals surface area contributed by atoms with E-state index in [1.54, 1.807) is 28.8 Å². The largest absolute Gasteiger partial charge is 0.465 e. The first kappa shape index (κ1) is 16.7. The van der Waals surface area contributed by atoms with Crippen molar-refractivity contribution in [2.75, 3.05) is 14.2 Å². The minimum absolute atomic E-state index is 0.111. The molecule has 0 saturated carbocycles. The topological polar surface area (TPSA) is 74.6 Å². The maximum atomic E-state index is 12.4. The van der Waals surface area contributed by atoms with Crippen LogP contribution < -0.4 is 0 Å². The van der Waals surface area contributed by atoms with Crippen LogP contribution in [0.15, 0.2) is 24.3 Å². The molecule has 0 saturated heterocycles. The molecule has 1 aromatic heterocycles. The van der Waals surface area contributed by atoms with Crippen LogP contribution in [0.2, 0.25) is 5.02 Å². The fourth-order valence-corrected chi connectivity index (χ4v) is 4.23. The molecule has 2 heterocycles. The van der Waals surface area contributed by atoms with E-state index >= 15 is 0 Å². The number of benzene rings is 1. The van der Waals surface area contributed by atoms with Gasteiger partial charge in [-0.25, -0.2) is 9.59 Å². The van der Waals surface area contributed by atoms with Gasteiger partial charge in [-0.05, 0) is 17.7 Å². The van der Waals surface area contributed by atoms with Crippen LogP contribution in [0, 0.1) is 0 Å². The van der Waals surface area contributed by atoms with E-state index in [9.17, 15) is 13.8 Å². The molecule has 6 nitrogen and oxygen atoms in total. The predicted molar refractivity (Wildman–Crippen MR) is 89.4 cm³/mol. The molecule has 0 unspecified atom stereocenters. The molecule has 0 spiro atoms. The number of esters is 2. The Morgan fingerprint density at radius 3 is 2.25 bits per heavy atom. The Morgan fingerprint density at radius 2 is 1.67 bits per heavy atom. The van der Waals surface area contributed by atoms with Gasteiger partial charge in [0.15, 0.2) is 0 Å². The van der Waals surface area contributed by atoms with Crippen LogP contribution in [0.1, 0.15) is 26.4 Å². The number of halogens is 1. The first-order valence-electron chi connectivity index (χ1n) is 7.00. The number of methoxy groups -OCH3 is 2. The molecule has 0 N–H and O–H groups in total. The van der Waals surface area contributed by atoms with Crippen molar-refractivity contribution < 1.29 is 23.3 Å². The highest BCUT2D eigenvalue weighted by Gasteiger charge is 2.36. The van der Waals surface area contributed by atoms with Crippen LogP contribution in [0.3, 0.4) is 0 Å². The van der Waals surface area contributed by atoms with Gasteiger partial charge in [0.1, 0.15) is 5.56 Å². The molecule has 126 valence electrons. The summed E-state index contributed by atoms with van der Waals surface area (Å²) in [5.41, 5.74) is 1.92. The summed E-state index contributed by atoms with van der Waals surface area (Å²) in [5, 5.41) is 0.545. The predicted octanol–water partition coefficient (Wildman–Crippen LogP) is 2.60. The maximum absolute atomic E-state index is 12.4. The van der Waals surface area contributed by atoms with E-state index in [1.165, 1.54) is 14.2 Å². The highest BCUT2D eigenvalue weighted by molar-refractivity contribution is 7.83. The number of hydrogen-bond acceptors (Lipinski definition) is 5. The number of carbonyl (C=O) groups excluding carboxylic acids is 2. The summed E-state index contributed by atoms with van der Waals surface area (Å²) in [6.45, 7) is 0. The van der Waals surface area contributed by atoms with Crippen LogP contribution in [-0.2, 0) is 31.9 Å². The second-order valence-corrected chi connectivity index (χ2v) is 7.04. The number of carbonyl (C=O) groups is 2. The van der Waals surface area contributed by atoms with Crippen LogP contribution in [0.5, 0.6) is 0 Å². The van der Waals surface area contributed by atoms with Crippen LogP contribution in [0.4, 0.5) is 0 Å². The van der Waals surface area contributed by atoms with Crippen molar-refractivity contribution >= 4 is 34.3 Å². The average molecular weight is 368 g/mol. The number of rotatable bonds is 3. The Balaban J connectivity index is 2.34. The monoisotopic (exact) mass is 367 g/mol. The summed E-state index contributed by atoms with van der Waals surface area (Å²) in [7, 11) is 1.33. The van der Waals surface area contributed by atoms with Gasteiger partial charge >= 0.3 is 11.9 Å². The van der Waals surface area contributed by atoms with Gasteiger partial charge in [0, 0.05) is 21.5 Å². The molecule has 1 atom stereocenters. The summed E-state index contributed by atoms with van der Waals surface area (Å²) >= 11 is 5.93. The zero-order valence-electron chi connectivity index (χ0n) is 13.0. The summed E-state index contributed by atoms with van der Waals surface area (Å²) in [4.78, 5) is 24.6. The molecule has 1 aromatic carbocycles. The van der Waals surface area contributed by atoms with Crippen molar-refractivity contribution in [3.63, 3.8) is 0 Å². The number of aromatic nitrogens is 1. The lowest BCUT2D eigenvalue weighted by atomic mass is 10.0. The summed E-state index contributed by atoms with van der Waals surface area (Å²) in [6, 6.07) is 6.84. The van der Waals surface area contributed by atoms with Gasteiger partial charge in [0.2, 0.25) is 0 Å². The Bertz CT molecular complexity index is 856. The van der Waals surface area contributed by atoms with Crippen molar-refractivity contribution in [1.82, 2.24) is 4.57 Å². The third kappa shape index (κ3) is 2.63. The second-order valence-electron chi connectivity index (χ2n) is 5.18. The SMILES string of the molecule is COC(=O)c1c(C(=O)OC)c(-c2ccc(Cl)cc2)n2c1C[S@@](=O)C2. The molecule has 24 heavy (non-hydrogen) atoms. The van der Waals surface area contributed by atoms with Gasteiger partial charge in [-0.3, -0.25) is 4.21 Å². The average Bonchev–Trinajstić information content (AvgIpc) is 3.08. The van der Waals surface area contributed by atoms with Gasteiger partial charge in [-0.15, -0.1) is 0 Å². The normalized spacial score (nSPS) is 15.9. The molecule has 1 aliphatic rings. The van der Waals surface area contributed by atoms with Gasteiger partial charge < -0.3 is 14.0 Å². The van der Waals surface area contributed by atoms with Crippen molar-refractivity contribution in [2.45, 2.75) is 11.6 Å². The molecule has 3 rings (SSSR count). The first-order chi connectivity index (χ1) is 11.5. The van der Waals surface area contributed by atoms with Crippen molar-refractivity contribution in [2.24, 2.45) is 0 Å². The highest BCUT2D eigenvalue weighted by Crippen LogP contribution is 2.37. The molecular formula is C16H14ClNO5S. The minimum Gasteiger partial charge on any atom is -0.465 e. The van der Waals surface area contributed by atoms with E-state index in [-0.39, 0.29) is 22.8 Å². The molecule has 0 aliphatic carbocycles. The summed E-state index contributed by atoms with van der Waals surface area (Å²) in [6.07, 6.45) is 0. The fourth-order valence-electron chi connectivity index (χ4n) is 2.83. The molecule has 0 fully saturated rings. The van der Waals surface area contributed by atoms with Crippen LogP contribution >= 0.6 is 11.6 Å². The smallest absolute Gasteiger partial charge is 0.340 e.